The Hall–Kier alpha value is -1.31. The van der Waals surface area contributed by atoms with Gasteiger partial charge in [-0.05, 0) is 24.6 Å². The molecule has 0 unspecified atom stereocenters. The van der Waals surface area contributed by atoms with Crippen LogP contribution in [0.15, 0.2) is 18.2 Å². The van der Waals surface area contributed by atoms with Crippen LogP contribution in [0.2, 0.25) is 0 Å². The first-order valence-corrected chi connectivity index (χ1v) is 4.85. The molecule has 0 fully saturated rings. The molecule has 0 saturated carbocycles. The van der Waals surface area contributed by atoms with Crippen molar-refractivity contribution in [3.05, 3.63) is 23.8 Å². The summed E-state index contributed by atoms with van der Waals surface area (Å²) in [6.07, 6.45) is 0. The van der Waals surface area contributed by atoms with E-state index in [1.165, 1.54) is 0 Å². The number of anilines is 1. The second-order valence-corrected chi connectivity index (χ2v) is 3.41. The minimum Gasteiger partial charge on any atom is -0.506 e. The molecule has 0 aliphatic rings. The molecule has 1 aromatic carbocycles. The third-order valence-corrected chi connectivity index (χ3v) is 1.18. The number of hydrogen-bond acceptors (Lipinski definition) is 4. The van der Waals surface area contributed by atoms with E-state index in [4.69, 9.17) is 28.4 Å². The van der Waals surface area contributed by atoms with Gasteiger partial charge in [0.05, 0.1) is 5.69 Å². The first-order chi connectivity index (χ1) is 6.20. The molecule has 0 heterocycles. The third kappa shape index (κ3) is 7.35. The lowest BCUT2D eigenvalue weighted by molar-refractivity contribution is 0.381. The number of phenolic OH excluding ortho intramolecular Hbond substituents is 1. The van der Waals surface area contributed by atoms with E-state index in [0.717, 1.165) is 5.56 Å². The highest BCUT2D eigenvalue weighted by molar-refractivity contribution is 7.79. The van der Waals surface area contributed by atoms with E-state index in [1.807, 2.05) is 13.0 Å². The van der Waals surface area contributed by atoms with Crippen molar-refractivity contribution in [3.63, 3.8) is 0 Å². The van der Waals surface area contributed by atoms with Crippen LogP contribution in [0.4, 0.5) is 5.69 Å². The minimum atomic E-state index is -4.67. The summed E-state index contributed by atoms with van der Waals surface area (Å²) in [6.45, 7) is 1.93. The molecule has 0 amide bonds. The molecule has 0 aromatic heterocycles. The van der Waals surface area contributed by atoms with Crippen LogP contribution in [-0.4, -0.2) is 22.6 Å². The summed E-state index contributed by atoms with van der Waals surface area (Å²) in [5, 5.41) is 8.92. The van der Waals surface area contributed by atoms with Crippen LogP contribution in [0.5, 0.6) is 5.75 Å². The van der Waals surface area contributed by atoms with Gasteiger partial charge in [0, 0.05) is 0 Å². The van der Waals surface area contributed by atoms with E-state index in [1.54, 1.807) is 12.1 Å². The van der Waals surface area contributed by atoms with Crippen molar-refractivity contribution in [1.29, 1.82) is 0 Å². The summed E-state index contributed by atoms with van der Waals surface area (Å²) in [7, 11) is -4.67. The average molecular weight is 221 g/mol. The first-order valence-electron chi connectivity index (χ1n) is 3.45. The number of nitrogens with two attached hydrogens (primary N) is 1. The van der Waals surface area contributed by atoms with Crippen molar-refractivity contribution >= 4 is 16.1 Å². The fraction of sp³-hybridized carbons (Fsp3) is 0.143. The Kier molecular flexibility index (Phi) is 4.35. The fourth-order valence-corrected chi connectivity index (χ4v) is 0.674. The van der Waals surface area contributed by atoms with E-state index in [2.05, 4.69) is 0 Å². The molecule has 0 aliphatic carbocycles. The lowest BCUT2D eigenvalue weighted by Crippen LogP contribution is -1.89. The lowest BCUT2D eigenvalue weighted by atomic mass is 10.2. The number of aryl methyl sites for hydroxylation is 1. The monoisotopic (exact) mass is 221 g/mol. The molecule has 0 saturated heterocycles. The summed E-state index contributed by atoms with van der Waals surface area (Å²) >= 11 is 0. The quantitative estimate of drug-likeness (QED) is 0.289. The Morgan fingerprint density at radius 1 is 1.29 bits per heavy atom. The Balaban J connectivity index is 0.000000292. The summed E-state index contributed by atoms with van der Waals surface area (Å²) in [4.78, 5) is 0. The van der Waals surface area contributed by atoms with Crippen LogP contribution in [0.25, 0.3) is 0 Å². The number of benzene rings is 1. The van der Waals surface area contributed by atoms with E-state index < -0.39 is 10.4 Å². The molecule has 80 valence electrons. The van der Waals surface area contributed by atoms with Crippen molar-refractivity contribution in [3.8, 4) is 5.75 Å². The van der Waals surface area contributed by atoms with Gasteiger partial charge in [0.15, 0.2) is 0 Å². The Morgan fingerprint density at radius 3 is 2.00 bits per heavy atom. The molecule has 1 aromatic rings. The maximum atomic E-state index is 8.92. The van der Waals surface area contributed by atoms with Crippen molar-refractivity contribution in [2.75, 3.05) is 5.73 Å². The van der Waals surface area contributed by atoms with Crippen molar-refractivity contribution in [2.24, 2.45) is 0 Å². The Labute approximate surface area is 81.6 Å². The smallest absolute Gasteiger partial charge is 0.394 e. The van der Waals surface area contributed by atoms with E-state index in [0.29, 0.717) is 5.69 Å². The van der Waals surface area contributed by atoms with Crippen LogP contribution in [-0.2, 0) is 10.4 Å². The summed E-state index contributed by atoms with van der Waals surface area (Å²) in [6, 6.07) is 5.13. The van der Waals surface area contributed by atoms with E-state index >= 15 is 0 Å². The van der Waals surface area contributed by atoms with Crippen LogP contribution in [0, 0.1) is 6.92 Å². The summed E-state index contributed by atoms with van der Waals surface area (Å²) < 4.78 is 31.6. The molecule has 0 aliphatic heterocycles. The normalized spacial score (nSPS) is 10.2. The number of phenols is 1. The SMILES string of the molecule is Cc1ccc(O)c(N)c1.O=S(=O)(O)O. The Morgan fingerprint density at radius 2 is 1.71 bits per heavy atom. The molecule has 5 N–H and O–H groups in total. The van der Waals surface area contributed by atoms with E-state index in [-0.39, 0.29) is 5.75 Å². The fourth-order valence-electron chi connectivity index (χ4n) is 0.674. The van der Waals surface area contributed by atoms with Gasteiger partial charge in [0.25, 0.3) is 0 Å². The van der Waals surface area contributed by atoms with Crippen LogP contribution in [0.3, 0.4) is 0 Å². The standard InChI is InChI=1S/C7H9NO.H2O4S/c1-5-2-3-7(9)6(8)4-5;1-5(2,3)4/h2-4,9H,8H2,1H3;(H2,1,2,3,4). The van der Waals surface area contributed by atoms with Gasteiger partial charge in [0.1, 0.15) is 5.75 Å². The van der Waals surface area contributed by atoms with Gasteiger partial charge >= 0.3 is 10.4 Å². The van der Waals surface area contributed by atoms with E-state index in [9.17, 15) is 0 Å². The molecule has 6 nitrogen and oxygen atoms in total. The Bertz CT molecular complexity index is 393. The number of rotatable bonds is 0. The highest BCUT2D eigenvalue weighted by Gasteiger charge is 1.92. The van der Waals surface area contributed by atoms with Gasteiger partial charge in [-0.2, -0.15) is 8.42 Å². The average Bonchev–Trinajstić information content (AvgIpc) is 1.94. The minimum absolute atomic E-state index is 0.153. The molecule has 0 atom stereocenters. The van der Waals surface area contributed by atoms with Gasteiger partial charge in [-0.25, -0.2) is 0 Å². The van der Waals surface area contributed by atoms with Crippen LogP contribution in [0.1, 0.15) is 5.56 Å². The predicted octanol–water partition coefficient (Wildman–Crippen LogP) is 0.630. The topological polar surface area (TPSA) is 121 Å². The molecular weight excluding hydrogens is 210 g/mol. The first kappa shape index (κ1) is 12.7. The number of aromatic hydroxyl groups is 1. The molecular formula is C7H11NO5S. The highest BCUT2D eigenvalue weighted by Crippen LogP contribution is 2.19. The molecule has 14 heavy (non-hydrogen) atoms. The molecule has 0 spiro atoms. The van der Waals surface area contributed by atoms with Gasteiger partial charge < -0.3 is 10.8 Å². The highest BCUT2D eigenvalue weighted by atomic mass is 32.3. The molecule has 1 rings (SSSR count). The second-order valence-electron chi connectivity index (χ2n) is 2.51. The summed E-state index contributed by atoms with van der Waals surface area (Å²) in [5.74, 6) is 0.153. The second kappa shape index (κ2) is 4.80. The molecule has 7 heteroatoms. The largest absolute Gasteiger partial charge is 0.506 e. The van der Waals surface area contributed by atoms with Gasteiger partial charge in [-0.1, -0.05) is 6.07 Å². The van der Waals surface area contributed by atoms with Gasteiger partial charge in [-0.3, -0.25) is 9.11 Å². The van der Waals surface area contributed by atoms with Crippen molar-refractivity contribution in [2.45, 2.75) is 6.92 Å². The van der Waals surface area contributed by atoms with Crippen molar-refractivity contribution in [1.82, 2.24) is 0 Å². The van der Waals surface area contributed by atoms with Gasteiger partial charge in [0.2, 0.25) is 0 Å². The maximum Gasteiger partial charge on any atom is 0.394 e. The zero-order valence-electron chi connectivity index (χ0n) is 7.38. The zero-order chi connectivity index (χ0) is 11.4. The van der Waals surface area contributed by atoms with Gasteiger partial charge in [-0.15, -0.1) is 0 Å². The predicted molar refractivity (Wildman–Crippen MR) is 51.4 cm³/mol. The maximum absolute atomic E-state index is 8.92. The van der Waals surface area contributed by atoms with Crippen LogP contribution < -0.4 is 5.73 Å². The number of hydrogen-bond donors (Lipinski definition) is 4. The van der Waals surface area contributed by atoms with Crippen LogP contribution >= 0.6 is 0 Å². The third-order valence-electron chi connectivity index (χ3n) is 1.18. The molecule has 0 radical (unpaired) electrons. The van der Waals surface area contributed by atoms with Crippen molar-refractivity contribution < 1.29 is 22.6 Å². The lowest BCUT2D eigenvalue weighted by Gasteiger charge is -1.97. The molecule has 0 bridgehead atoms. The zero-order valence-corrected chi connectivity index (χ0v) is 8.19. The summed E-state index contributed by atoms with van der Waals surface area (Å²) in [5.41, 5.74) is 6.87. The number of nitrogen functional groups attached to an aromatic ring is 1.